The standard InChI is InChI=1S/C24H27N9O3/c34-21-19(28-24(35)30-21)11-17-13-26-33-20(17)29-22(31-23(33)27-18-5-6-18)25-12-15-1-3-16(4-2-15)14-32-7-9-36-10-8-32/h1-4,11,13,18H,5-10,12,14H2,(H2,25,27,29,31)(H2,28,30,34,35)/b19-11-. The molecule has 36 heavy (non-hydrogen) atoms. The van der Waals surface area contributed by atoms with Gasteiger partial charge in [-0.1, -0.05) is 24.3 Å². The molecule has 0 unspecified atom stereocenters. The predicted octanol–water partition coefficient (Wildman–Crippen LogP) is 1.32. The first-order valence-electron chi connectivity index (χ1n) is 12.1. The van der Waals surface area contributed by atoms with Gasteiger partial charge in [0.15, 0.2) is 5.65 Å². The maximum Gasteiger partial charge on any atom is 0.326 e. The Morgan fingerprint density at radius 3 is 2.56 bits per heavy atom. The van der Waals surface area contributed by atoms with Crippen molar-refractivity contribution in [2.75, 3.05) is 36.9 Å². The Morgan fingerprint density at radius 2 is 1.83 bits per heavy atom. The van der Waals surface area contributed by atoms with Gasteiger partial charge in [0.05, 0.1) is 19.4 Å². The van der Waals surface area contributed by atoms with Crippen molar-refractivity contribution >= 4 is 35.6 Å². The number of anilines is 2. The van der Waals surface area contributed by atoms with E-state index in [1.165, 1.54) is 5.56 Å². The number of aromatic nitrogens is 4. The van der Waals surface area contributed by atoms with E-state index in [1.807, 2.05) is 0 Å². The van der Waals surface area contributed by atoms with Gasteiger partial charge in [0.2, 0.25) is 11.9 Å². The van der Waals surface area contributed by atoms with Gasteiger partial charge in [0, 0.05) is 37.8 Å². The predicted molar refractivity (Wildman–Crippen MR) is 132 cm³/mol. The van der Waals surface area contributed by atoms with Crippen LogP contribution in [0.25, 0.3) is 11.7 Å². The summed E-state index contributed by atoms with van der Waals surface area (Å²) in [5.74, 6) is 0.540. The van der Waals surface area contributed by atoms with Gasteiger partial charge in [0.25, 0.3) is 5.91 Å². The molecule has 2 saturated heterocycles. The highest BCUT2D eigenvalue weighted by molar-refractivity contribution is 6.14. The van der Waals surface area contributed by atoms with Crippen LogP contribution in [-0.2, 0) is 22.6 Å². The summed E-state index contributed by atoms with van der Waals surface area (Å²) in [6.45, 7) is 4.99. The minimum atomic E-state index is -0.549. The van der Waals surface area contributed by atoms with Crippen molar-refractivity contribution < 1.29 is 14.3 Å². The van der Waals surface area contributed by atoms with Crippen LogP contribution in [0.3, 0.4) is 0 Å². The lowest BCUT2D eigenvalue weighted by atomic mass is 10.1. The first-order chi connectivity index (χ1) is 17.6. The van der Waals surface area contributed by atoms with Crippen molar-refractivity contribution in [2.45, 2.75) is 32.0 Å². The Hall–Kier alpha value is -4.03. The molecule has 4 heterocycles. The van der Waals surface area contributed by atoms with Crippen LogP contribution in [0.5, 0.6) is 0 Å². The molecule has 3 aromatic rings. The third-order valence-corrected chi connectivity index (χ3v) is 6.31. The maximum atomic E-state index is 12.0. The molecule has 1 saturated carbocycles. The van der Waals surface area contributed by atoms with Crippen LogP contribution in [0.1, 0.15) is 29.5 Å². The number of urea groups is 1. The van der Waals surface area contributed by atoms with Crippen LogP contribution >= 0.6 is 0 Å². The van der Waals surface area contributed by atoms with Crippen molar-refractivity contribution in [3.63, 3.8) is 0 Å². The average molecular weight is 490 g/mol. The molecule has 3 aliphatic rings. The Kier molecular flexibility index (Phi) is 5.95. The minimum absolute atomic E-state index is 0.150. The van der Waals surface area contributed by atoms with Crippen molar-refractivity contribution in [3.05, 3.63) is 52.8 Å². The van der Waals surface area contributed by atoms with Gasteiger partial charge in [-0.3, -0.25) is 15.0 Å². The second-order valence-corrected chi connectivity index (χ2v) is 9.15. The number of carbonyl (C=O) groups excluding carboxylic acids is 2. The molecule has 3 fully saturated rings. The van der Waals surface area contributed by atoms with Gasteiger partial charge >= 0.3 is 6.03 Å². The fourth-order valence-electron chi connectivity index (χ4n) is 4.18. The third kappa shape index (κ3) is 4.99. The fourth-order valence-corrected chi connectivity index (χ4v) is 4.18. The van der Waals surface area contributed by atoms with E-state index < -0.39 is 11.9 Å². The highest BCUT2D eigenvalue weighted by Gasteiger charge is 2.26. The van der Waals surface area contributed by atoms with Crippen molar-refractivity contribution in [3.8, 4) is 0 Å². The summed E-state index contributed by atoms with van der Waals surface area (Å²) in [5.41, 5.74) is 3.66. The van der Waals surface area contributed by atoms with Crippen LogP contribution in [0.2, 0.25) is 0 Å². The van der Waals surface area contributed by atoms with Crippen LogP contribution < -0.4 is 21.3 Å². The first kappa shape index (κ1) is 22.4. The Bertz CT molecular complexity index is 1320. The van der Waals surface area contributed by atoms with Crippen molar-refractivity contribution in [2.24, 2.45) is 0 Å². The topological polar surface area (TPSA) is 138 Å². The van der Waals surface area contributed by atoms with Crippen LogP contribution in [-0.4, -0.2) is 68.8 Å². The first-order valence-corrected chi connectivity index (χ1v) is 12.1. The number of nitrogens with one attached hydrogen (secondary N) is 4. The van der Waals surface area contributed by atoms with E-state index in [2.05, 4.69) is 65.5 Å². The molecule has 0 radical (unpaired) electrons. The maximum absolute atomic E-state index is 12.0. The van der Waals surface area contributed by atoms with Gasteiger partial charge in [0.1, 0.15) is 5.70 Å². The van der Waals surface area contributed by atoms with Gasteiger partial charge in [-0.05, 0) is 30.0 Å². The smallest absolute Gasteiger partial charge is 0.326 e. The number of carbonyl (C=O) groups is 2. The highest BCUT2D eigenvalue weighted by Crippen LogP contribution is 2.26. The number of amides is 3. The summed E-state index contributed by atoms with van der Waals surface area (Å²) in [6, 6.07) is 8.34. The summed E-state index contributed by atoms with van der Waals surface area (Å²) < 4.78 is 7.04. The van der Waals surface area contributed by atoms with E-state index in [0.29, 0.717) is 35.7 Å². The molecular formula is C24H27N9O3. The van der Waals surface area contributed by atoms with Crippen LogP contribution in [0.4, 0.5) is 16.7 Å². The SMILES string of the molecule is O=C1NC(=O)/C(=C/c2cnn3c(NC4CC4)nc(NCc4ccc(CN5CCOCC5)cc4)nc23)N1. The average Bonchev–Trinajstić information content (AvgIpc) is 3.52. The molecule has 0 bridgehead atoms. The second-order valence-electron chi connectivity index (χ2n) is 9.15. The molecule has 0 atom stereocenters. The van der Waals surface area contributed by atoms with Gasteiger partial charge < -0.3 is 20.7 Å². The lowest BCUT2D eigenvalue weighted by Gasteiger charge is -2.26. The molecule has 2 aliphatic heterocycles. The van der Waals surface area contributed by atoms with Gasteiger partial charge in [-0.25, -0.2) is 4.79 Å². The number of hydrogen-bond donors (Lipinski definition) is 4. The molecule has 186 valence electrons. The molecule has 6 rings (SSSR count). The van der Waals surface area contributed by atoms with Crippen LogP contribution in [0.15, 0.2) is 36.2 Å². The highest BCUT2D eigenvalue weighted by atomic mass is 16.5. The number of hydrogen-bond acceptors (Lipinski definition) is 9. The van der Waals surface area contributed by atoms with Crippen molar-refractivity contribution in [1.82, 2.24) is 35.1 Å². The fraction of sp³-hybridized carbons (Fsp3) is 0.375. The number of morpholine rings is 1. The summed E-state index contributed by atoms with van der Waals surface area (Å²) in [5, 5.41) is 15.8. The zero-order chi connectivity index (χ0) is 24.5. The summed E-state index contributed by atoms with van der Waals surface area (Å²) in [6.07, 6.45) is 5.32. The molecule has 12 heteroatoms. The van der Waals surface area contributed by atoms with Crippen molar-refractivity contribution in [1.29, 1.82) is 0 Å². The zero-order valence-corrected chi connectivity index (χ0v) is 19.7. The monoisotopic (exact) mass is 489 g/mol. The lowest BCUT2D eigenvalue weighted by Crippen LogP contribution is -2.35. The van der Waals surface area contributed by atoms with E-state index >= 15 is 0 Å². The van der Waals surface area contributed by atoms with E-state index in [1.54, 1.807) is 16.8 Å². The summed E-state index contributed by atoms with van der Waals surface area (Å²) in [4.78, 5) is 35.1. The van der Waals surface area contributed by atoms with Gasteiger partial charge in [-0.15, -0.1) is 0 Å². The molecular weight excluding hydrogens is 462 g/mol. The van der Waals surface area contributed by atoms with E-state index in [0.717, 1.165) is 51.3 Å². The Balaban J connectivity index is 1.20. The molecule has 12 nitrogen and oxygen atoms in total. The van der Waals surface area contributed by atoms with E-state index in [-0.39, 0.29) is 5.70 Å². The largest absolute Gasteiger partial charge is 0.379 e. The molecule has 4 N–H and O–H groups in total. The Morgan fingerprint density at radius 1 is 1.06 bits per heavy atom. The lowest BCUT2D eigenvalue weighted by molar-refractivity contribution is -0.115. The Labute approximate surface area is 207 Å². The number of imide groups is 1. The normalized spacial score (nSPS) is 19.5. The quantitative estimate of drug-likeness (QED) is 0.273. The number of rotatable bonds is 8. The van der Waals surface area contributed by atoms with Crippen LogP contribution in [0, 0.1) is 0 Å². The third-order valence-electron chi connectivity index (χ3n) is 6.31. The molecule has 3 amide bonds. The van der Waals surface area contributed by atoms with E-state index in [9.17, 15) is 9.59 Å². The molecule has 1 aliphatic carbocycles. The van der Waals surface area contributed by atoms with E-state index in [4.69, 9.17) is 4.74 Å². The minimum Gasteiger partial charge on any atom is -0.379 e. The summed E-state index contributed by atoms with van der Waals surface area (Å²) >= 11 is 0. The zero-order valence-electron chi connectivity index (χ0n) is 19.7. The molecule has 0 spiro atoms. The molecule has 2 aromatic heterocycles. The summed E-state index contributed by atoms with van der Waals surface area (Å²) in [7, 11) is 0. The molecule has 1 aromatic carbocycles. The number of fused-ring (bicyclic) bond motifs is 1. The number of nitrogens with zero attached hydrogens (tertiary/aromatic N) is 5. The number of benzene rings is 1. The number of ether oxygens (including phenoxy) is 1. The van der Waals surface area contributed by atoms with Gasteiger partial charge in [-0.2, -0.15) is 19.6 Å². The second kappa shape index (κ2) is 9.55.